The van der Waals surface area contributed by atoms with E-state index in [0.29, 0.717) is 6.04 Å². The molecule has 1 aliphatic rings. The van der Waals surface area contributed by atoms with Gasteiger partial charge in [-0.15, -0.1) is 0 Å². The van der Waals surface area contributed by atoms with E-state index in [9.17, 15) is 4.79 Å². The highest BCUT2D eigenvalue weighted by Gasteiger charge is 2.22. The molecule has 2 heterocycles. The standard InChI is InChI=1S/C14H23N5O/c1-4-15-13-10(2)14(17-9-16-13)19-7-5-12(6-8-19)18-11(3)20/h9,12H,4-8H2,1-3H3,(H,18,20)(H,15,16,17). The Kier molecular flexibility index (Phi) is 4.76. The number of nitrogens with zero attached hydrogens (tertiary/aromatic N) is 3. The fraction of sp³-hybridized carbons (Fsp3) is 0.643. The predicted octanol–water partition coefficient (Wildman–Crippen LogP) is 1.32. The van der Waals surface area contributed by atoms with Crippen LogP contribution >= 0.6 is 0 Å². The molecule has 0 spiro atoms. The second-order valence-electron chi connectivity index (χ2n) is 5.16. The molecule has 1 fully saturated rings. The van der Waals surface area contributed by atoms with Crippen molar-refractivity contribution < 1.29 is 4.79 Å². The number of hydrogen-bond acceptors (Lipinski definition) is 5. The number of piperidine rings is 1. The number of carbonyl (C=O) groups is 1. The maximum Gasteiger partial charge on any atom is 0.217 e. The molecule has 0 atom stereocenters. The summed E-state index contributed by atoms with van der Waals surface area (Å²) in [5.41, 5.74) is 1.09. The molecule has 0 aromatic carbocycles. The summed E-state index contributed by atoms with van der Waals surface area (Å²) in [6, 6.07) is 0.291. The van der Waals surface area contributed by atoms with E-state index in [1.807, 2.05) is 6.92 Å². The van der Waals surface area contributed by atoms with Crippen LogP contribution < -0.4 is 15.5 Å². The molecule has 2 N–H and O–H groups in total. The monoisotopic (exact) mass is 277 g/mol. The molecule has 1 saturated heterocycles. The second kappa shape index (κ2) is 6.54. The highest BCUT2D eigenvalue weighted by atomic mass is 16.1. The highest BCUT2D eigenvalue weighted by Crippen LogP contribution is 2.25. The first-order valence-electron chi connectivity index (χ1n) is 7.19. The van der Waals surface area contributed by atoms with E-state index >= 15 is 0 Å². The van der Waals surface area contributed by atoms with Crippen molar-refractivity contribution >= 4 is 17.5 Å². The molecule has 2 rings (SSSR count). The molecular weight excluding hydrogens is 254 g/mol. The molecule has 20 heavy (non-hydrogen) atoms. The first-order chi connectivity index (χ1) is 9.61. The Balaban J connectivity index is 2.03. The zero-order valence-electron chi connectivity index (χ0n) is 12.4. The van der Waals surface area contributed by atoms with Crippen LogP contribution in [0.4, 0.5) is 11.6 Å². The minimum Gasteiger partial charge on any atom is -0.370 e. The van der Waals surface area contributed by atoms with E-state index in [-0.39, 0.29) is 5.91 Å². The van der Waals surface area contributed by atoms with Gasteiger partial charge < -0.3 is 15.5 Å². The summed E-state index contributed by atoms with van der Waals surface area (Å²) in [7, 11) is 0. The lowest BCUT2D eigenvalue weighted by atomic mass is 10.0. The van der Waals surface area contributed by atoms with E-state index < -0.39 is 0 Å². The van der Waals surface area contributed by atoms with Crippen molar-refractivity contribution in [2.45, 2.75) is 39.7 Å². The minimum atomic E-state index is 0.0519. The molecule has 0 saturated carbocycles. The Morgan fingerprint density at radius 2 is 2.10 bits per heavy atom. The molecule has 0 unspecified atom stereocenters. The number of anilines is 2. The van der Waals surface area contributed by atoms with E-state index in [0.717, 1.165) is 49.7 Å². The number of amides is 1. The molecule has 0 radical (unpaired) electrons. The van der Waals surface area contributed by atoms with Crippen molar-refractivity contribution in [1.29, 1.82) is 0 Å². The van der Waals surface area contributed by atoms with E-state index in [1.165, 1.54) is 0 Å². The molecular formula is C14H23N5O. The maximum atomic E-state index is 11.1. The zero-order chi connectivity index (χ0) is 14.5. The van der Waals surface area contributed by atoms with Crippen LogP contribution in [0, 0.1) is 6.92 Å². The second-order valence-corrected chi connectivity index (χ2v) is 5.16. The SMILES string of the molecule is CCNc1ncnc(N2CCC(NC(C)=O)CC2)c1C. The Morgan fingerprint density at radius 3 is 2.70 bits per heavy atom. The van der Waals surface area contributed by atoms with E-state index in [2.05, 4.69) is 32.4 Å². The number of carbonyl (C=O) groups excluding carboxylic acids is 1. The van der Waals surface area contributed by atoms with Crippen LogP contribution in [0.3, 0.4) is 0 Å². The van der Waals surface area contributed by atoms with Gasteiger partial charge >= 0.3 is 0 Å². The van der Waals surface area contributed by atoms with Gasteiger partial charge in [0.2, 0.25) is 5.91 Å². The minimum absolute atomic E-state index is 0.0519. The number of hydrogen-bond donors (Lipinski definition) is 2. The van der Waals surface area contributed by atoms with Gasteiger partial charge in [0, 0.05) is 38.2 Å². The molecule has 0 bridgehead atoms. The Labute approximate surface area is 120 Å². The molecule has 6 heteroatoms. The van der Waals surface area contributed by atoms with Crippen molar-refractivity contribution in [1.82, 2.24) is 15.3 Å². The lowest BCUT2D eigenvalue weighted by Crippen LogP contribution is -2.44. The lowest BCUT2D eigenvalue weighted by molar-refractivity contribution is -0.119. The summed E-state index contributed by atoms with van der Waals surface area (Å²) < 4.78 is 0. The first kappa shape index (κ1) is 14.6. The van der Waals surface area contributed by atoms with Gasteiger partial charge in [-0.3, -0.25) is 4.79 Å². The molecule has 1 aliphatic heterocycles. The smallest absolute Gasteiger partial charge is 0.217 e. The summed E-state index contributed by atoms with van der Waals surface area (Å²) in [6.45, 7) is 8.35. The Bertz CT molecular complexity index is 469. The summed E-state index contributed by atoms with van der Waals surface area (Å²) in [6.07, 6.45) is 3.53. The normalized spacial score (nSPS) is 16.1. The molecule has 1 aromatic rings. The Morgan fingerprint density at radius 1 is 1.40 bits per heavy atom. The molecule has 1 aromatic heterocycles. The van der Waals surface area contributed by atoms with Crippen molar-refractivity contribution in [3.8, 4) is 0 Å². The predicted molar refractivity (Wildman–Crippen MR) is 80.0 cm³/mol. The fourth-order valence-corrected chi connectivity index (χ4v) is 2.63. The van der Waals surface area contributed by atoms with Crippen molar-refractivity contribution in [2.75, 3.05) is 29.9 Å². The van der Waals surface area contributed by atoms with Gasteiger partial charge in [0.25, 0.3) is 0 Å². The molecule has 1 amide bonds. The van der Waals surface area contributed by atoms with Gasteiger partial charge in [0.15, 0.2) is 0 Å². The highest BCUT2D eigenvalue weighted by molar-refractivity contribution is 5.73. The maximum absolute atomic E-state index is 11.1. The van der Waals surface area contributed by atoms with Crippen LogP contribution in [0.2, 0.25) is 0 Å². The summed E-state index contributed by atoms with van der Waals surface area (Å²) in [5.74, 6) is 1.95. The molecule has 110 valence electrons. The third kappa shape index (κ3) is 3.37. The van der Waals surface area contributed by atoms with Gasteiger partial charge in [-0.2, -0.15) is 0 Å². The van der Waals surface area contributed by atoms with Gasteiger partial charge in [-0.05, 0) is 26.7 Å². The average molecular weight is 277 g/mol. The molecule has 0 aliphatic carbocycles. The van der Waals surface area contributed by atoms with Crippen LogP contribution in [-0.4, -0.2) is 41.6 Å². The van der Waals surface area contributed by atoms with Gasteiger partial charge in [-0.1, -0.05) is 0 Å². The Hall–Kier alpha value is -1.85. The first-order valence-corrected chi connectivity index (χ1v) is 7.19. The quantitative estimate of drug-likeness (QED) is 0.868. The van der Waals surface area contributed by atoms with Gasteiger partial charge in [0.05, 0.1) is 0 Å². The van der Waals surface area contributed by atoms with Gasteiger partial charge in [-0.25, -0.2) is 9.97 Å². The van der Waals surface area contributed by atoms with Crippen LogP contribution in [0.5, 0.6) is 0 Å². The number of rotatable bonds is 4. The van der Waals surface area contributed by atoms with Crippen LogP contribution in [0.1, 0.15) is 32.3 Å². The van der Waals surface area contributed by atoms with Crippen molar-refractivity contribution in [3.63, 3.8) is 0 Å². The van der Waals surface area contributed by atoms with Crippen LogP contribution in [-0.2, 0) is 4.79 Å². The van der Waals surface area contributed by atoms with Crippen LogP contribution in [0.25, 0.3) is 0 Å². The summed E-state index contributed by atoms with van der Waals surface area (Å²) in [5, 5.41) is 6.24. The zero-order valence-corrected chi connectivity index (χ0v) is 12.4. The topological polar surface area (TPSA) is 70.2 Å². The third-order valence-electron chi connectivity index (χ3n) is 3.60. The van der Waals surface area contributed by atoms with E-state index in [1.54, 1.807) is 13.3 Å². The summed E-state index contributed by atoms with van der Waals surface area (Å²) >= 11 is 0. The average Bonchev–Trinajstić information content (AvgIpc) is 2.42. The van der Waals surface area contributed by atoms with E-state index in [4.69, 9.17) is 0 Å². The fourth-order valence-electron chi connectivity index (χ4n) is 2.63. The summed E-state index contributed by atoms with van der Waals surface area (Å²) in [4.78, 5) is 22.0. The van der Waals surface area contributed by atoms with Crippen LogP contribution in [0.15, 0.2) is 6.33 Å². The third-order valence-corrected chi connectivity index (χ3v) is 3.60. The van der Waals surface area contributed by atoms with Crippen molar-refractivity contribution in [3.05, 3.63) is 11.9 Å². The number of nitrogens with one attached hydrogen (secondary N) is 2. The van der Waals surface area contributed by atoms with Gasteiger partial charge in [0.1, 0.15) is 18.0 Å². The largest absolute Gasteiger partial charge is 0.370 e. The molecule has 6 nitrogen and oxygen atoms in total. The lowest BCUT2D eigenvalue weighted by Gasteiger charge is -2.33. The van der Waals surface area contributed by atoms with Crippen molar-refractivity contribution in [2.24, 2.45) is 0 Å². The number of aromatic nitrogens is 2.